The van der Waals surface area contributed by atoms with E-state index in [0.717, 1.165) is 29.5 Å². The van der Waals surface area contributed by atoms with Crippen molar-refractivity contribution in [3.63, 3.8) is 0 Å². The molecule has 0 atom stereocenters. The van der Waals surface area contributed by atoms with Crippen LogP contribution in [-0.4, -0.2) is 29.9 Å². The summed E-state index contributed by atoms with van der Waals surface area (Å²) < 4.78 is 0. The lowest BCUT2D eigenvalue weighted by molar-refractivity contribution is 0.0587. The van der Waals surface area contributed by atoms with Crippen LogP contribution in [-0.2, 0) is 0 Å². The lowest BCUT2D eigenvalue weighted by atomic mass is 9.90. The second kappa shape index (κ2) is 5.53. The minimum Gasteiger partial charge on any atom is -0.334 e. The fraction of sp³-hybridized carbons (Fsp3) is 0.533. The Morgan fingerprint density at radius 3 is 2.39 bits per heavy atom. The van der Waals surface area contributed by atoms with Gasteiger partial charge in [0.25, 0.3) is 5.91 Å². The second-order valence-electron chi connectivity index (χ2n) is 5.14. The number of carbonyl (C=O) groups is 1. The van der Waals surface area contributed by atoms with Gasteiger partial charge in [-0.2, -0.15) is 0 Å². The van der Waals surface area contributed by atoms with Gasteiger partial charge in [0.05, 0.1) is 0 Å². The molecule has 3 heteroatoms. The molecule has 0 aliphatic heterocycles. The summed E-state index contributed by atoms with van der Waals surface area (Å²) >= 11 is 0. The molecule has 1 aromatic rings. The Labute approximate surface area is 109 Å². The van der Waals surface area contributed by atoms with Crippen LogP contribution < -0.4 is 5.73 Å². The van der Waals surface area contributed by atoms with Gasteiger partial charge in [0.15, 0.2) is 0 Å². The van der Waals surface area contributed by atoms with Crippen molar-refractivity contribution in [1.29, 1.82) is 0 Å². The zero-order valence-corrected chi connectivity index (χ0v) is 11.3. The molecule has 1 aromatic carbocycles. The molecular formula is C15H22N2O. The molecule has 0 heterocycles. The van der Waals surface area contributed by atoms with E-state index in [9.17, 15) is 4.79 Å². The minimum atomic E-state index is 0.153. The van der Waals surface area contributed by atoms with Gasteiger partial charge >= 0.3 is 0 Å². The molecule has 3 nitrogen and oxygen atoms in total. The zero-order valence-electron chi connectivity index (χ0n) is 11.3. The monoisotopic (exact) mass is 246 g/mol. The summed E-state index contributed by atoms with van der Waals surface area (Å²) in [5.41, 5.74) is 8.62. The minimum absolute atomic E-state index is 0.153. The number of aryl methyl sites for hydroxylation is 2. The van der Waals surface area contributed by atoms with Crippen molar-refractivity contribution in [3.05, 3.63) is 34.9 Å². The van der Waals surface area contributed by atoms with Gasteiger partial charge in [0.2, 0.25) is 0 Å². The standard InChI is InChI=1S/C15H22N2O/c1-11-5-3-6-12(2)14(11)15(18)17(10-9-16)13-7-4-8-13/h3,5-6,13H,4,7-10,16H2,1-2H3. The fourth-order valence-electron chi connectivity index (χ4n) is 2.58. The second-order valence-corrected chi connectivity index (χ2v) is 5.14. The van der Waals surface area contributed by atoms with Gasteiger partial charge in [-0.1, -0.05) is 18.2 Å². The smallest absolute Gasteiger partial charge is 0.254 e. The molecule has 1 saturated carbocycles. The van der Waals surface area contributed by atoms with Crippen molar-refractivity contribution in [2.45, 2.75) is 39.2 Å². The first-order chi connectivity index (χ1) is 8.65. The molecule has 18 heavy (non-hydrogen) atoms. The zero-order chi connectivity index (χ0) is 13.1. The summed E-state index contributed by atoms with van der Waals surface area (Å²) in [4.78, 5) is 14.7. The molecule has 2 rings (SSSR count). The van der Waals surface area contributed by atoms with E-state index in [-0.39, 0.29) is 5.91 Å². The molecule has 1 amide bonds. The number of nitrogens with zero attached hydrogens (tertiary/aromatic N) is 1. The Morgan fingerprint density at radius 1 is 1.33 bits per heavy atom. The van der Waals surface area contributed by atoms with Crippen LogP contribution in [0.4, 0.5) is 0 Å². The van der Waals surface area contributed by atoms with Crippen molar-refractivity contribution in [2.75, 3.05) is 13.1 Å². The highest BCUT2D eigenvalue weighted by Gasteiger charge is 2.29. The number of nitrogens with two attached hydrogens (primary N) is 1. The van der Waals surface area contributed by atoms with Crippen LogP contribution in [0.1, 0.15) is 40.7 Å². The van der Waals surface area contributed by atoms with E-state index in [1.165, 1.54) is 6.42 Å². The first kappa shape index (κ1) is 13.1. The number of hydrogen-bond donors (Lipinski definition) is 1. The number of hydrogen-bond acceptors (Lipinski definition) is 2. The molecule has 0 unspecified atom stereocenters. The predicted octanol–water partition coefficient (Wildman–Crippen LogP) is 2.26. The molecule has 0 saturated heterocycles. The van der Waals surface area contributed by atoms with E-state index in [2.05, 4.69) is 0 Å². The fourth-order valence-corrected chi connectivity index (χ4v) is 2.58. The van der Waals surface area contributed by atoms with Gasteiger partial charge in [-0.3, -0.25) is 4.79 Å². The van der Waals surface area contributed by atoms with Gasteiger partial charge < -0.3 is 10.6 Å². The van der Waals surface area contributed by atoms with Crippen LogP contribution in [0.5, 0.6) is 0 Å². The summed E-state index contributed by atoms with van der Waals surface area (Å²) in [5, 5.41) is 0. The molecule has 1 aliphatic rings. The van der Waals surface area contributed by atoms with Crippen LogP contribution in [0.25, 0.3) is 0 Å². The van der Waals surface area contributed by atoms with Crippen molar-refractivity contribution in [2.24, 2.45) is 5.73 Å². The average molecular weight is 246 g/mol. The molecule has 0 aromatic heterocycles. The first-order valence-electron chi connectivity index (χ1n) is 6.72. The molecule has 0 radical (unpaired) electrons. The molecule has 0 bridgehead atoms. The molecule has 2 N–H and O–H groups in total. The lowest BCUT2D eigenvalue weighted by Crippen LogP contribution is -2.46. The SMILES string of the molecule is Cc1cccc(C)c1C(=O)N(CCN)C1CCC1. The van der Waals surface area contributed by atoms with Crippen LogP contribution in [0.2, 0.25) is 0 Å². The Kier molecular flexibility index (Phi) is 4.02. The topological polar surface area (TPSA) is 46.3 Å². The molecular weight excluding hydrogens is 224 g/mol. The molecule has 0 spiro atoms. The van der Waals surface area contributed by atoms with E-state index in [1.807, 2.05) is 36.9 Å². The normalized spacial score (nSPS) is 15.3. The summed E-state index contributed by atoms with van der Waals surface area (Å²) in [7, 11) is 0. The Bertz CT molecular complexity index is 418. The highest BCUT2D eigenvalue weighted by Crippen LogP contribution is 2.27. The third-order valence-electron chi connectivity index (χ3n) is 3.84. The Balaban J connectivity index is 2.27. The third kappa shape index (κ3) is 2.41. The number of carbonyl (C=O) groups excluding carboxylic acids is 1. The lowest BCUT2D eigenvalue weighted by Gasteiger charge is -2.38. The summed E-state index contributed by atoms with van der Waals surface area (Å²) in [5.74, 6) is 0.153. The molecule has 1 fully saturated rings. The van der Waals surface area contributed by atoms with E-state index >= 15 is 0 Å². The van der Waals surface area contributed by atoms with Gasteiger partial charge in [-0.15, -0.1) is 0 Å². The van der Waals surface area contributed by atoms with Crippen LogP contribution >= 0.6 is 0 Å². The maximum atomic E-state index is 12.7. The average Bonchev–Trinajstić information content (AvgIpc) is 2.25. The summed E-state index contributed by atoms with van der Waals surface area (Å²) in [6.07, 6.45) is 3.47. The summed E-state index contributed by atoms with van der Waals surface area (Å²) in [6.45, 7) is 5.20. The Hall–Kier alpha value is -1.35. The van der Waals surface area contributed by atoms with Crippen LogP contribution in [0.3, 0.4) is 0 Å². The first-order valence-corrected chi connectivity index (χ1v) is 6.72. The number of amides is 1. The number of benzene rings is 1. The Morgan fingerprint density at radius 2 is 1.94 bits per heavy atom. The van der Waals surface area contributed by atoms with Crippen molar-refractivity contribution in [3.8, 4) is 0 Å². The quantitative estimate of drug-likeness (QED) is 0.885. The largest absolute Gasteiger partial charge is 0.334 e. The van der Waals surface area contributed by atoms with Gasteiger partial charge in [-0.25, -0.2) is 0 Å². The molecule has 1 aliphatic carbocycles. The van der Waals surface area contributed by atoms with Crippen molar-refractivity contribution >= 4 is 5.91 Å². The maximum absolute atomic E-state index is 12.7. The summed E-state index contributed by atoms with van der Waals surface area (Å²) in [6, 6.07) is 6.40. The van der Waals surface area contributed by atoms with E-state index in [0.29, 0.717) is 19.1 Å². The highest BCUT2D eigenvalue weighted by atomic mass is 16.2. The van der Waals surface area contributed by atoms with Gasteiger partial charge in [-0.05, 0) is 44.2 Å². The van der Waals surface area contributed by atoms with Crippen molar-refractivity contribution in [1.82, 2.24) is 4.90 Å². The van der Waals surface area contributed by atoms with Crippen molar-refractivity contribution < 1.29 is 4.79 Å². The number of rotatable bonds is 4. The third-order valence-corrected chi connectivity index (χ3v) is 3.84. The maximum Gasteiger partial charge on any atom is 0.254 e. The predicted molar refractivity (Wildman–Crippen MR) is 73.6 cm³/mol. The highest BCUT2D eigenvalue weighted by molar-refractivity contribution is 5.97. The van der Waals surface area contributed by atoms with Gasteiger partial charge in [0, 0.05) is 24.7 Å². The van der Waals surface area contributed by atoms with E-state index < -0.39 is 0 Å². The van der Waals surface area contributed by atoms with Gasteiger partial charge in [0.1, 0.15) is 0 Å². The van der Waals surface area contributed by atoms with E-state index in [4.69, 9.17) is 5.73 Å². The van der Waals surface area contributed by atoms with Crippen LogP contribution in [0.15, 0.2) is 18.2 Å². The van der Waals surface area contributed by atoms with E-state index in [1.54, 1.807) is 0 Å². The molecule has 98 valence electrons. The van der Waals surface area contributed by atoms with Crippen LogP contribution in [0, 0.1) is 13.8 Å².